The van der Waals surface area contributed by atoms with Gasteiger partial charge in [0.15, 0.2) is 11.6 Å². The van der Waals surface area contributed by atoms with E-state index >= 15 is 4.39 Å². The standard InChI is InChI=1S/C33H32F2N4O6S/c1-43-28-18-23-25(19-29(28)46-16-4-2-3-15-44-32(36)42)37-14-11-26(23)45-27-10-9-22(17-24(27)35)39-31(41)33(12-13-33)30(40)38-21-7-5-20(34)6-8-21/h5-11,14,17-19H,2-4,12-13,15-16H2,1H3,(H2,36,42)(H,38,40)(H,39,41). The fourth-order valence-electron chi connectivity index (χ4n) is 4.72. The quantitative estimate of drug-likeness (QED) is 0.0751. The first-order valence-electron chi connectivity index (χ1n) is 14.6. The maximum absolute atomic E-state index is 15.2. The Morgan fingerprint density at radius 3 is 2.28 bits per heavy atom. The number of hydrogen-bond acceptors (Lipinski definition) is 8. The number of nitrogens with zero attached hydrogens (tertiary/aromatic N) is 1. The van der Waals surface area contributed by atoms with Crippen molar-refractivity contribution in [3.8, 4) is 17.2 Å². The second-order valence-corrected chi connectivity index (χ2v) is 11.8. The summed E-state index contributed by atoms with van der Waals surface area (Å²) >= 11 is 1.61. The van der Waals surface area contributed by atoms with Gasteiger partial charge in [-0.15, -0.1) is 11.8 Å². The Labute approximate surface area is 268 Å². The molecule has 4 N–H and O–H groups in total. The van der Waals surface area contributed by atoms with Gasteiger partial charge in [-0.1, -0.05) is 0 Å². The maximum atomic E-state index is 15.2. The van der Waals surface area contributed by atoms with Crippen LogP contribution in [-0.2, 0) is 14.3 Å². The molecular weight excluding hydrogens is 618 g/mol. The number of nitrogens with two attached hydrogens (primary N) is 1. The molecule has 0 spiro atoms. The number of aromatic nitrogens is 1. The van der Waals surface area contributed by atoms with Gasteiger partial charge in [-0.3, -0.25) is 14.6 Å². The SMILES string of the molecule is COc1cc2c(Oc3ccc(NC(=O)C4(C(=O)Nc5ccc(F)cc5)CC4)cc3F)ccnc2cc1SCCCCCOC(N)=O. The zero-order valence-electron chi connectivity index (χ0n) is 24.9. The minimum Gasteiger partial charge on any atom is -0.496 e. The van der Waals surface area contributed by atoms with Crippen LogP contribution in [0, 0.1) is 17.0 Å². The molecule has 1 aromatic heterocycles. The highest BCUT2D eigenvalue weighted by molar-refractivity contribution is 7.99. The van der Waals surface area contributed by atoms with E-state index in [1.54, 1.807) is 37.2 Å². The van der Waals surface area contributed by atoms with Crippen LogP contribution in [0.3, 0.4) is 0 Å². The molecule has 3 amide bonds. The minimum absolute atomic E-state index is 0.0709. The number of pyridine rings is 1. The van der Waals surface area contributed by atoms with Gasteiger partial charge in [-0.25, -0.2) is 13.6 Å². The van der Waals surface area contributed by atoms with Crippen molar-refractivity contribution in [2.45, 2.75) is 37.0 Å². The van der Waals surface area contributed by atoms with Crippen molar-refractivity contribution in [3.63, 3.8) is 0 Å². The van der Waals surface area contributed by atoms with E-state index in [2.05, 4.69) is 15.6 Å². The number of amides is 3. The summed E-state index contributed by atoms with van der Waals surface area (Å²) < 4.78 is 44.7. The molecule has 46 heavy (non-hydrogen) atoms. The van der Waals surface area contributed by atoms with Crippen LogP contribution in [0.15, 0.2) is 71.8 Å². The average Bonchev–Trinajstić information content (AvgIpc) is 3.85. The molecule has 1 heterocycles. The van der Waals surface area contributed by atoms with E-state index in [4.69, 9.17) is 19.9 Å². The van der Waals surface area contributed by atoms with Crippen LogP contribution in [0.4, 0.5) is 25.0 Å². The Kier molecular flexibility index (Phi) is 10.2. The number of methoxy groups -OCH3 is 1. The summed E-state index contributed by atoms with van der Waals surface area (Å²) in [5, 5.41) is 5.89. The van der Waals surface area contributed by atoms with Gasteiger partial charge < -0.3 is 30.6 Å². The summed E-state index contributed by atoms with van der Waals surface area (Å²) in [6.07, 6.45) is 3.95. The Morgan fingerprint density at radius 1 is 0.891 bits per heavy atom. The first-order valence-corrected chi connectivity index (χ1v) is 15.5. The number of carbonyl (C=O) groups excluding carboxylic acids is 3. The zero-order valence-corrected chi connectivity index (χ0v) is 25.8. The van der Waals surface area contributed by atoms with Gasteiger partial charge in [0, 0.05) is 29.0 Å². The molecule has 0 unspecified atom stereocenters. The third kappa shape index (κ3) is 7.83. The van der Waals surface area contributed by atoms with Crippen molar-refractivity contribution in [2.75, 3.05) is 30.1 Å². The smallest absolute Gasteiger partial charge is 0.404 e. The second kappa shape index (κ2) is 14.5. The normalized spacial score (nSPS) is 13.1. The molecule has 10 nitrogen and oxygen atoms in total. The van der Waals surface area contributed by atoms with Gasteiger partial charge in [0.05, 0.1) is 24.1 Å². The fourth-order valence-corrected chi connectivity index (χ4v) is 5.77. The van der Waals surface area contributed by atoms with Gasteiger partial charge in [0.25, 0.3) is 0 Å². The molecule has 5 rings (SSSR count). The molecule has 4 aromatic rings. The van der Waals surface area contributed by atoms with Crippen LogP contribution in [-0.4, -0.2) is 42.4 Å². The van der Waals surface area contributed by atoms with Crippen molar-refractivity contribution >= 4 is 51.9 Å². The van der Waals surface area contributed by atoms with Gasteiger partial charge in [0.1, 0.15) is 22.7 Å². The molecule has 1 fully saturated rings. The first-order chi connectivity index (χ1) is 22.2. The van der Waals surface area contributed by atoms with Crippen molar-refractivity contribution in [1.29, 1.82) is 0 Å². The van der Waals surface area contributed by atoms with Crippen LogP contribution in [0.25, 0.3) is 10.9 Å². The zero-order chi connectivity index (χ0) is 32.7. The number of benzene rings is 3. The van der Waals surface area contributed by atoms with Crippen molar-refractivity contribution < 1.29 is 37.4 Å². The second-order valence-electron chi connectivity index (χ2n) is 10.7. The number of thioether (sulfide) groups is 1. The number of anilines is 2. The summed E-state index contributed by atoms with van der Waals surface area (Å²) in [4.78, 5) is 41.9. The molecule has 1 saturated carbocycles. The van der Waals surface area contributed by atoms with E-state index in [0.29, 0.717) is 47.5 Å². The lowest BCUT2D eigenvalue weighted by Gasteiger charge is -2.16. The Balaban J connectivity index is 1.22. The lowest BCUT2D eigenvalue weighted by Crippen LogP contribution is -2.35. The highest BCUT2D eigenvalue weighted by Gasteiger charge is 2.56. The molecule has 0 radical (unpaired) electrons. The van der Waals surface area contributed by atoms with Crippen LogP contribution >= 0.6 is 11.8 Å². The molecule has 13 heteroatoms. The van der Waals surface area contributed by atoms with E-state index in [0.717, 1.165) is 36.0 Å². The number of ether oxygens (including phenoxy) is 3. The van der Waals surface area contributed by atoms with Crippen molar-refractivity contribution in [3.05, 3.63) is 78.5 Å². The highest BCUT2D eigenvalue weighted by atomic mass is 32.2. The van der Waals surface area contributed by atoms with E-state index in [9.17, 15) is 18.8 Å². The maximum Gasteiger partial charge on any atom is 0.404 e. The van der Waals surface area contributed by atoms with E-state index in [-0.39, 0.29) is 11.4 Å². The summed E-state index contributed by atoms with van der Waals surface area (Å²) in [6.45, 7) is 0.295. The number of rotatable bonds is 14. The summed E-state index contributed by atoms with van der Waals surface area (Å²) in [5.74, 6) is -0.515. The lowest BCUT2D eigenvalue weighted by atomic mass is 10.0. The van der Waals surface area contributed by atoms with E-state index in [1.165, 1.54) is 36.4 Å². The Hall–Kier alpha value is -4.91. The summed E-state index contributed by atoms with van der Waals surface area (Å²) in [7, 11) is 1.56. The minimum atomic E-state index is -1.28. The highest BCUT2D eigenvalue weighted by Crippen LogP contribution is 2.47. The van der Waals surface area contributed by atoms with Crippen LogP contribution in [0.2, 0.25) is 0 Å². The topological polar surface area (TPSA) is 142 Å². The van der Waals surface area contributed by atoms with E-state index in [1.807, 2.05) is 6.07 Å². The van der Waals surface area contributed by atoms with Gasteiger partial charge in [-0.2, -0.15) is 0 Å². The van der Waals surface area contributed by atoms with Gasteiger partial charge >= 0.3 is 6.09 Å². The largest absolute Gasteiger partial charge is 0.496 e. The molecule has 0 aliphatic heterocycles. The van der Waals surface area contributed by atoms with Gasteiger partial charge in [-0.05, 0) is 92.5 Å². The van der Waals surface area contributed by atoms with Crippen LogP contribution in [0.1, 0.15) is 32.1 Å². The molecule has 1 aliphatic rings. The monoisotopic (exact) mass is 650 g/mol. The number of carbonyl (C=O) groups is 3. The summed E-state index contributed by atoms with van der Waals surface area (Å²) in [6, 6.07) is 14.5. The average molecular weight is 651 g/mol. The number of fused-ring (bicyclic) bond motifs is 1. The Bertz CT molecular complexity index is 1750. The number of primary amides is 1. The number of hydrogen-bond donors (Lipinski definition) is 3. The fraction of sp³-hybridized carbons (Fsp3) is 0.273. The van der Waals surface area contributed by atoms with E-state index < -0.39 is 35.0 Å². The predicted molar refractivity (Wildman–Crippen MR) is 170 cm³/mol. The number of nitrogens with one attached hydrogen (secondary N) is 2. The first kappa shape index (κ1) is 32.5. The molecule has 0 saturated heterocycles. The molecule has 1 aliphatic carbocycles. The number of halogens is 2. The lowest BCUT2D eigenvalue weighted by molar-refractivity contribution is -0.131. The van der Waals surface area contributed by atoms with Crippen LogP contribution in [0.5, 0.6) is 17.2 Å². The summed E-state index contributed by atoms with van der Waals surface area (Å²) in [5.41, 5.74) is 4.85. The van der Waals surface area contributed by atoms with Crippen LogP contribution < -0.4 is 25.8 Å². The Morgan fingerprint density at radius 2 is 1.61 bits per heavy atom. The molecule has 3 aromatic carbocycles. The third-order valence-corrected chi connectivity index (χ3v) is 8.53. The molecule has 0 bridgehead atoms. The predicted octanol–water partition coefficient (Wildman–Crippen LogP) is 7.03. The number of unbranched alkanes of at least 4 members (excludes halogenated alkanes) is 2. The van der Waals surface area contributed by atoms with Crippen molar-refractivity contribution in [1.82, 2.24) is 4.98 Å². The molecular formula is C33H32F2N4O6S. The van der Waals surface area contributed by atoms with Crippen molar-refractivity contribution in [2.24, 2.45) is 11.1 Å². The van der Waals surface area contributed by atoms with Gasteiger partial charge in [0.2, 0.25) is 11.8 Å². The molecule has 240 valence electrons. The molecule has 0 atom stereocenters. The third-order valence-electron chi connectivity index (χ3n) is 7.41.